The third-order valence-corrected chi connectivity index (χ3v) is 4.30. The van der Waals surface area contributed by atoms with Gasteiger partial charge in [-0.15, -0.1) is 0 Å². The predicted octanol–water partition coefficient (Wildman–Crippen LogP) is 2.34. The molecule has 1 heterocycles. The average molecular weight is 339 g/mol. The van der Waals surface area contributed by atoms with Gasteiger partial charge in [0, 0.05) is 32.2 Å². The van der Waals surface area contributed by atoms with Crippen LogP contribution in [0.4, 0.5) is 10.5 Å². The van der Waals surface area contributed by atoms with Crippen LogP contribution in [0.3, 0.4) is 0 Å². The first-order chi connectivity index (χ1) is 12.0. The minimum atomic E-state index is -0.273. The van der Waals surface area contributed by atoms with Crippen molar-refractivity contribution in [2.24, 2.45) is 0 Å². The first-order valence-corrected chi connectivity index (χ1v) is 8.18. The van der Waals surface area contributed by atoms with E-state index in [0.29, 0.717) is 25.2 Å². The van der Waals surface area contributed by atoms with Crippen molar-refractivity contribution in [3.8, 4) is 5.75 Å². The van der Waals surface area contributed by atoms with Gasteiger partial charge >= 0.3 is 6.03 Å². The number of hydrogen-bond acceptors (Lipinski definition) is 3. The monoisotopic (exact) mass is 339 g/mol. The van der Waals surface area contributed by atoms with Gasteiger partial charge in [0.1, 0.15) is 5.75 Å². The molecular formula is C19H21N3O3. The van der Waals surface area contributed by atoms with Crippen LogP contribution in [0.25, 0.3) is 0 Å². The lowest BCUT2D eigenvalue weighted by molar-refractivity contribution is -0.128. The smallest absolute Gasteiger partial charge is 0.321 e. The third kappa shape index (κ3) is 4.09. The van der Waals surface area contributed by atoms with Gasteiger partial charge in [-0.05, 0) is 29.8 Å². The summed E-state index contributed by atoms with van der Waals surface area (Å²) in [6.07, 6.45) is 0.308. The maximum absolute atomic E-state index is 12.4. The van der Waals surface area contributed by atoms with E-state index in [1.165, 1.54) is 17.0 Å². The number of amides is 3. The van der Waals surface area contributed by atoms with Crippen molar-refractivity contribution in [1.82, 2.24) is 10.2 Å². The molecule has 1 fully saturated rings. The largest absolute Gasteiger partial charge is 0.508 e. The summed E-state index contributed by atoms with van der Waals surface area (Å²) < 4.78 is 0. The Balaban J connectivity index is 1.57. The summed E-state index contributed by atoms with van der Waals surface area (Å²) in [6, 6.07) is 15.7. The molecule has 1 unspecified atom stereocenters. The van der Waals surface area contributed by atoms with Crippen LogP contribution < -0.4 is 10.2 Å². The number of anilines is 1. The Morgan fingerprint density at radius 3 is 2.56 bits per heavy atom. The summed E-state index contributed by atoms with van der Waals surface area (Å²) in [7, 11) is 1.65. The second-order valence-electron chi connectivity index (χ2n) is 6.19. The normalized spacial score (nSPS) is 16.8. The average Bonchev–Trinajstić information content (AvgIpc) is 2.95. The van der Waals surface area contributed by atoms with Gasteiger partial charge in [-0.3, -0.25) is 9.69 Å². The molecule has 0 spiro atoms. The maximum atomic E-state index is 12.4. The fourth-order valence-corrected chi connectivity index (χ4v) is 2.89. The van der Waals surface area contributed by atoms with Crippen LogP contribution in [-0.2, 0) is 11.3 Å². The fourth-order valence-electron chi connectivity index (χ4n) is 2.89. The highest BCUT2D eigenvalue weighted by Crippen LogP contribution is 2.19. The molecule has 2 aromatic rings. The molecule has 3 rings (SSSR count). The van der Waals surface area contributed by atoms with Gasteiger partial charge in [-0.1, -0.05) is 30.3 Å². The molecule has 2 N–H and O–H groups in total. The molecule has 25 heavy (non-hydrogen) atoms. The van der Waals surface area contributed by atoms with Gasteiger partial charge in [-0.2, -0.15) is 0 Å². The quantitative estimate of drug-likeness (QED) is 0.898. The number of aromatic hydroxyl groups is 1. The molecule has 0 radical (unpaired) electrons. The van der Waals surface area contributed by atoms with Gasteiger partial charge in [0.25, 0.3) is 0 Å². The number of phenolic OH excluding ortho intramolecular Hbond substituents is 1. The van der Waals surface area contributed by atoms with Crippen LogP contribution in [0.1, 0.15) is 12.0 Å². The van der Waals surface area contributed by atoms with E-state index in [1.807, 2.05) is 30.3 Å². The van der Waals surface area contributed by atoms with Crippen molar-refractivity contribution in [3.63, 3.8) is 0 Å². The standard InChI is InChI=1S/C19H21N3O3/c1-21(16-7-9-17(23)10-8-16)19(25)20-15-11-18(24)22(13-15)12-14-5-3-2-4-6-14/h2-10,15,23H,11-13H2,1H3,(H,20,25). The van der Waals surface area contributed by atoms with Gasteiger partial charge in [0.05, 0.1) is 6.04 Å². The zero-order valence-corrected chi connectivity index (χ0v) is 14.1. The van der Waals surface area contributed by atoms with E-state index in [-0.39, 0.29) is 23.7 Å². The van der Waals surface area contributed by atoms with Gasteiger partial charge < -0.3 is 15.3 Å². The van der Waals surface area contributed by atoms with E-state index in [4.69, 9.17) is 0 Å². The zero-order valence-electron chi connectivity index (χ0n) is 14.1. The summed E-state index contributed by atoms with van der Waals surface area (Å²) in [5, 5.41) is 12.2. The van der Waals surface area contributed by atoms with Crippen LogP contribution in [-0.4, -0.2) is 41.6 Å². The van der Waals surface area contributed by atoms with E-state index in [1.54, 1.807) is 24.1 Å². The number of benzene rings is 2. The van der Waals surface area contributed by atoms with E-state index >= 15 is 0 Å². The maximum Gasteiger partial charge on any atom is 0.321 e. The highest BCUT2D eigenvalue weighted by atomic mass is 16.3. The van der Waals surface area contributed by atoms with E-state index in [9.17, 15) is 14.7 Å². The van der Waals surface area contributed by atoms with Crippen molar-refractivity contribution in [3.05, 3.63) is 60.2 Å². The van der Waals surface area contributed by atoms with Crippen LogP contribution in [0.5, 0.6) is 5.75 Å². The van der Waals surface area contributed by atoms with E-state index in [0.717, 1.165) is 5.56 Å². The highest BCUT2D eigenvalue weighted by molar-refractivity contribution is 5.92. The molecular weight excluding hydrogens is 318 g/mol. The molecule has 0 aromatic heterocycles. The number of carbonyl (C=O) groups is 2. The van der Waals surface area contributed by atoms with Crippen LogP contribution in [0.15, 0.2) is 54.6 Å². The van der Waals surface area contributed by atoms with Gasteiger partial charge in [0.2, 0.25) is 5.91 Å². The molecule has 1 atom stereocenters. The number of carbonyl (C=O) groups excluding carboxylic acids is 2. The fraction of sp³-hybridized carbons (Fsp3) is 0.263. The Labute approximate surface area is 146 Å². The van der Waals surface area contributed by atoms with Crippen molar-refractivity contribution in [2.75, 3.05) is 18.5 Å². The van der Waals surface area contributed by atoms with Gasteiger partial charge in [-0.25, -0.2) is 4.79 Å². The number of nitrogens with one attached hydrogen (secondary N) is 1. The number of hydrogen-bond donors (Lipinski definition) is 2. The first-order valence-electron chi connectivity index (χ1n) is 8.18. The molecule has 1 saturated heterocycles. The summed E-state index contributed by atoms with van der Waals surface area (Å²) in [6.45, 7) is 1.06. The lowest BCUT2D eigenvalue weighted by Gasteiger charge is -2.21. The topological polar surface area (TPSA) is 72.9 Å². The number of phenols is 1. The minimum absolute atomic E-state index is 0.0430. The molecule has 0 aliphatic carbocycles. The molecule has 130 valence electrons. The Morgan fingerprint density at radius 2 is 1.88 bits per heavy atom. The van der Waals surface area contributed by atoms with Crippen molar-refractivity contribution in [1.29, 1.82) is 0 Å². The SMILES string of the molecule is CN(C(=O)NC1CC(=O)N(Cc2ccccc2)C1)c1ccc(O)cc1. The lowest BCUT2D eigenvalue weighted by Crippen LogP contribution is -2.44. The molecule has 6 heteroatoms. The molecule has 2 aromatic carbocycles. The Bertz CT molecular complexity index is 746. The molecule has 3 amide bonds. The summed E-state index contributed by atoms with van der Waals surface area (Å²) >= 11 is 0. The summed E-state index contributed by atoms with van der Waals surface area (Å²) in [5.74, 6) is 0.192. The van der Waals surface area contributed by atoms with Gasteiger partial charge in [0.15, 0.2) is 0 Å². The molecule has 1 aliphatic rings. The number of likely N-dealkylation sites (tertiary alicyclic amines) is 1. The number of urea groups is 1. The van der Waals surface area contributed by atoms with Crippen LogP contribution >= 0.6 is 0 Å². The van der Waals surface area contributed by atoms with Crippen molar-refractivity contribution in [2.45, 2.75) is 19.0 Å². The van der Waals surface area contributed by atoms with Crippen LogP contribution in [0.2, 0.25) is 0 Å². The minimum Gasteiger partial charge on any atom is -0.508 e. The molecule has 0 bridgehead atoms. The zero-order chi connectivity index (χ0) is 17.8. The summed E-state index contributed by atoms with van der Waals surface area (Å²) in [5.41, 5.74) is 1.74. The Kier molecular flexibility index (Phi) is 4.88. The molecule has 1 aliphatic heterocycles. The number of nitrogens with zero attached hydrogens (tertiary/aromatic N) is 2. The lowest BCUT2D eigenvalue weighted by atomic mass is 10.2. The Hall–Kier alpha value is -3.02. The summed E-state index contributed by atoms with van der Waals surface area (Å²) in [4.78, 5) is 27.8. The van der Waals surface area contributed by atoms with E-state index in [2.05, 4.69) is 5.32 Å². The highest BCUT2D eigenvalue weighted by Gasteiger charge is 2.31. The third-order valence-electron chi connectivity index (χ3n) is 4.30. The van der Waals surface area contributed by atoms with Crippen molar-refractivity contribution >= 4 is 17.6 Å². The molecule has 6 nitrogen and oxygen atoms in total. The molecule has 0 saturated carbocycles. The second kappa shape index (κ2) is 7.25. The van der Waals surface area contributed by atoms with Crippen molar-refractivity contribution < 1.29 is 14.7 Å². The number of rotatable bonds is 4. The first kappa shape index (κ1) is 16.8. The van der Waals surface area contributed by atoms with E-state index < -0.39 is 0 Å². The predicted molar refractivity (Wildman–Crippen MR) is 95.3 cm³/mol. The second-order valence-corrected chi connectivity index (χ2v) is 6.19. The Morgan fingerprint density at radius 1 is 1.20 bits per heavy atom. The van der Waals surface area contributed by atoms with Crippen LogP contribution in [0, 0.1) is 0 Å².